The van der Waals surface area contributed by atoms with Gasteiger partial charge in [-0.15, -0.1) is 0 Å². The van der Waals surface area contributed by atoms with Crippen LogP contribution in [0.3, 0.4) is 0 Å². The maximum Gasteiger partial charge on any atom is 0.220 e. The van der Waals surface area contributed by atoms with Crippen LogP contribution in [0.15, 0.2) is 18.3 Å². The maximum absolute atomic E-state index is 11.7. The highest BCUT2D eigenvalue weighted by Gasteiger charge is 1.79. The number of aromatic nitrogens is 1. The molecule has 0 fully saturated rings. The molecule has 2 heteroatoms. The molecule has 1 radical (unpaired) electrons. The Labute approximate surface area is 40.8 Å². The summed E-state index contributed by atoms with van der Waals surface area (Å²) in [5, 5.41) is 0. The van der Waals surface area contributed by atoms with Crippen molar-refractivity contribution in [3.63, 3.8) is 0 Å². The second-order valence-corrected chi connectivity index (χ2v) is 1.07. The maximum atomic E-state index is 11.7. The summed E-state index contributed by atoms with van der Waals surface area (Å²) in [7, 11) is 0. The van der Waals surface area contributed by atoms with Gasteiger partial charge in [0.25, 0.3) is 0 Å². The topological polar surface area (TPSA) is 12.9 Å². The van der Waals surface area contributed by atoms with Crippen molar-refractivity contribution in [3.05, 3.63) is 30.3 Å². The molecule has 1 aromatic rings. The monoisotopic (exact) mass is 96.0 g/mol. The predicted octanol–water partition coefficient (Wildman–Crippen LogP) is 1.02. The number of hydrogen-bond acceptors (Lipinski definition) is 1. The van der Waals surface area contributed by atoms with Crippen molar-refractivity contribution < 1.29 is 4.39 Å². The molecule has 1 nitrogen and oxygen atoms in total. The van der Waals surface area contributed by atoms with Gasteiger partial charge in [0.05, 0.1) is 0 Å². The molecular formula is C5H3FN. The van der Waals surface area contributed by atoms with E-state index in [9.17, 15) is 4.39 Å². The third kappa shape index (κ3) is 0.961. The fourth-order valence-electron chi connectivity index (χ4n) is 0.306. The fraction of sp³-hybridized carbons (Fsp3) is 0. The predicted molar refractivity (Wildman–Crippen MR) is 23.0 cm³/mol. The zero-order valence-corrected chi connectivity index (χ0v) is 3.56. The van der Waals surface area contributed by atoms with E-state index in [1.807, 2.05) is 0 Å². The summed E-state index contributed by atoms with van der Waals surface area (Å²) in [6, 6.07) is 5.34. The second kappa shape index (κ2) is 1.69. The van der Waals surface area contributed by atoms with Crippen molar-refractivity contribution in [2.75, 3.05) is 0 Å². The van der Waals surface area contributed by atoms with Crippen molar-refractivity contribution >= 4 is 0 Å². The van der Waals surface area contributed by atoms with Crippen LogP contribution in [0.5, 0.6) is 0 Å². The molecular weight excluding hydrogens is 93.1 g/mol. The van der Waals surface area contributed by atoms with Crippen LogP contribution in [-0.4, -0.2) is 4.98 Å². The molecule has 0 aromatic carbocycles. The number of hydrogen-bond donors (Lipinski definition) is 0. The van der Waals surface area contributed by atoms with E-state index >= 15 is 0 Å². The molecule has 7 heavy (non-hydrogen) atoms. The number of rotatable bonds is 0. The van der Waals surface area contributed by atoms with Gasteiger partial charge < -0.3 is 0 Å². The van der Waals surface area contributed by atoms with Crippen LogP contribution in [-0.2, 0) is 0 Å². The molecule has 1 aromatic heterocycles. The second-order valence-electron chi connectivity index (χ2n) is 1.07. The Morgan fingerprint density at radius 1 is 1.71 bits per heavy atom. The van der Waals surface area contributed by atoms with Crippen LogP contribution in [0.2, 0.25) is 0 Å². The number of nitrogens with zero attached hydrogens (tertiary/aromatic N) is 1. The highest BCUT2D eigenvalue weighted by atomic mass is 19.1. The Morgan fingerprint density at radius 3 is 2.86 bits per heavy atom. The van der Waals surface area contributed by atoms with E-state index in [0.29, 0.717) is 0 Å². The first-order valence-electron chi connectivity index (χ1n) is 1.88. The first kappa shape index (κ1) is 4.24. The molecule has 0 atom stereocenters. The highest BCUT2D eigenvalue weighted by Crippen LogP contribution is 1.84. The van der Waals surface area contributed by atoms with Gasteiger partial charge in [-0.25, -0.2) is 4.98 Å². The van der Waals surface area contributed by atoms with Crippen molar-refractivity contribution in [3.8, 4) is 0 Å². The van der Waals surface area contributed by atoms with Gasteiger partial charge in [-0.2, -0.15) is 4.39 Å². The Kier molecular flexibility index (Phi) is 1.02. The molecule has 0 N–H and O–H groups in total. The van der Waals surface area contributed by atoms with Crippen LogP contribution in [0.4, 0.5) is 4.39 Å². The van der Waals surface area contributed by atoms with Crippen LogP contribution >= 0.6 is 0 Å². The van der Waals surface area contributed by atoms with Crippen LogP contribution < -0.4 is 0 Å². The summed E-state index contributed by atoms with van der Waals surface area (Å²) in [6.07, 6.45) is 1.38. The van der Waals surface area contributed by atoms with Gasteiger partial charge in [-0.3, -0.25) is 0 Å². The zero-order valence-electron chi connectivity index (χ0n) is 3.56. The molecule has 1 rings (SSSR count). The zero-order chi connectivity index (χ0) is 5.11. The van der Waals surface area contributed by atoms with Gasteiger partial charge in [0.2, 0.25) is 5.95 Å². The van der Waals surface area contributed by atoms with Crippen molar-refractivity contribution in [2.24, 2.45) is 0 Å². The molecule has 0 aliphatic rings. The lowest BCUT2D eigenvalue weighted by Gasteiger charge is -1.77. The van der Waals surface area contributed by atoms with E-state index in [2.05, 4.69) is 11.1 Å². The summed E-state index contributed by atoms with van der Waals surface area (Å²) in [6.45, 7) is 0. The first-order chi connectivity index (χ1) is 3.39. The average molecular weight is 96.1 g/mol. The fourth-order valence-corrected chi connectivity index (χ4v) is 0.306. The van der Waals surface area contributed by atoms with Crippen LogP contribution in [0.1, 0.15) is 0 Å². The van der Waals surface area contributed by atoms with E-state index in [-0.39, 0.29) is 0 Å². The minimum atomic E-state index is -0.553. The number of halogens is 1. The molecule has 35 valence electrons. The lowest BCUT2D eigenvalue weighted by atomic mass is 10.5. The molecule has 0 aliphatic heterocycles. The lowest BCUT2D eigenvalue weighted by molar-refractivity contribution is 0.581. The molecule has 0 bridgehead atoms. The van der Waals surface area contributed by atoms with Crippen molar-refractivity contribution in [1.82, 2.24) is 4.98 Å². The van der Waals surface area contributed by atoms with Crippen LogP contribution in [0.25, 0.3) is 0 Å². The lowest BCUT2D eigenvalue weighted by Crippen LogP contribution is -1.74. The van der Waals surface area contributed by atoms with E-state index in [1.165, 1.54) is 12.3 Å². The van der Waals surface area contributed by atoms with Crippen molar-refractivity contribution in [1.29, 1.82) is 0 Å². The molecule has 0 amide bonds. The van der Waals surface area contributed by atoms with E-state index in [4.69, 9.17) is 0 Å². The Morgan fingerprint density at radius 2 is 2.57 bits per heavy atom. The molecule has 0 spiro atoms. The summed E-state index contributed by atoms with van der Waals surface area (Å²) >= 11 is 0. The summed E-state index contributed by atoms with van der Waals surface area (Å²) in [5.74, 6) is -0.553. The third-order valence-corrected chi connectivity index (χ3v) is 0.573. The standard InChI is InChI=1S/C5H3FN/c6-5-3-1-2-4-7-5/h1-2,4H. The molecule has 0 aliphatic carbocycles. The largest absolute Gasteiger partial charge is 0.228 e. The smallest absolute Gasteiger partial charge is 0.220 e. The summed E-state index contributed by atoms with van der Waals surface area (Å²) < 4.78 is 11.7. The highest BCUT2D eigenvalue weighted by molar-refractivity contribution is 4.88. The summed E-state index contributed by atoms with van der Waals surface area (Å²) in [5.41, 5.74) is 0. The SMILES string of the molecule is Fc1[c]cccn1. The van der Waals surface area contributed by atoms with Gasteiger partial charge >= 0.3 is 0 Å². The summed E-state index contributed by atoms with van der Waals surface area (Å²) in [4.78, 5) is 3.26. The van der Waals surface area contributed by atoms with Crippen LogP contribution in [0, 0.1) is 12.0 Å². The van der Waals surface area contributed by atoms with Gasteiger partial charge in [-0.05, 0) is 12.1 Å². The normalized spacial score (nSPS) is 8.71. The van der Waals surface area contributed by atoms with Gasteiger partial charge in [0, 0.05) is 12.3 Å². The van der Waals surface area contributed by atoms with Gasteiger partial charge in [0.15, 0.2) is 0 Å². The Balaban J connectivity index is 3.02. The molecule has 1 heterocycles. The van der Waals surface area contributed by atoms with E-state index in [0.717, 1.165) is 0 Å². The van der Waals surface area contributed by atoms with Crippen molar-refractivity contribution in [2.45, 2.75) is 0 Å². The Hall–Kier alpha value is -0.920. The number of pyridine rings is 1. The minimum absolute atomic E-state index is 0.553. The van der Waals surface area contributed by atoms with Gasteiger partial charge in [-0.1, -0.05) is 0 Å². The molecule has 0 unspecified atom stereocenters. The average Bonchev–Trinajstić information content (AvgIpc) is 1.69. The quantitative estimate of drug-likeness (QED) is 0.439. The molecule has 0 saturated carbocycles. The first-order valence-corrected chi connectivity index (χ1v) is 1.88. The van der Waals surface area contributed by atoms with E-state index in [1.54, 1.807) is 6.07 Å². The molecule has 0 saturated heterocycles. The minimum Gasteiger partial charge on any atom is -0.228 e. The third-order valence-electron chi connectivity index (χ3n) is 0.573. The Bertz CT molecular complexity index is 138. The van der Waals surface area contributed by atoms with E-state index < -0.39 is 5.95 Å². The van der Waals surface area contributed by atoms with Gasteiger partial charge in [0.1, 0.15) is 0 Å².